The molecule has 0 fully saturated rings. The maximum Gasteiger partial charge on any atom is 0.329 e. The number of hydrogen-bond acceptors (Lipinski definition) is 5. The van der Waals surface area contributed by atoms with E-state index in [9.17, 15) is 14.4 Å². The van der Waals surface area contributed by atoms with Crippen molar-refractivity contribution < 1.29 is 19.1 Å². The van der Waals surface area contributed by atoms with Gasteiger partial charge >= 0.3 is 11.8 Å². The zero-order valence-electron chi connectivity index (χ0n) is 16.6. The number of benzene rings is 2. The average Bonchev–Trinajstić information content (AvgIpc) is 2.71. The van der Waals surface area contributed by atoms with E-state index in [0.29, 0.717) is 28.6 Å². The van der Waals surface area contributed by atoms with Gasteiger partial charge in [-0.25, -0.2) is 5.43 Å². The lowest BCUT2D eigenvalue weighted by atomic mass is 10.2. The van der Waals surface area contributed by atoms with Gasteiger partial charge in [-0.15, -0.1) is 0 Å². The second-order valence-corrected chi connectivity index (χ2v) is 7.16. The van der Waals surface area contributed by atoms with Gasteiger partial charge in [-0.05, 0) is 53.9 Å². The van der Waals surface area contributed by atoms with Gasteiger partial charge in [-0.2, -0.15) is 5.10 Å². The smallest absolute Gasteiger partial charge is 0.329 e. The monoisotopic (exact) mass is 430 g/mol. The fourth-order valence-electron chi connectivity index (χ4n) is 2.16. The molecule has 0 aliphatic carbocycles. The van der Waals surface area contributed by atoms with Crippen LogP contribution in [0.15, 0.2) is 53.6 Å². The van der Waals surface area contributed by atoms with E-state index in [0.717, 1.165) is 0 Å². The number of nitrogens with one attached hydrogen (secondary N) is 3. The first kappa shape index (κ1) is 22.9. The molecule has 158 valence electrons. The summed E-state index contributed by atoms with van der Waals surface area (Å²) >= 11 is 5.87. The largest absolute Gasteiger partial charge is 0.484 e. The molecule has 0 unspecified atom stereocenters. The predicted octanol–water partition coefficient (Wildman–Crippen LogP) is 2.58. The molecule has 0 bridgehead atoms. The van der Waals surface area contributed by atoms with E-state index in [4.69, 9.17) is 16.3 Å². The molecule has 0 atom stereocenters. The van der Waals surface area contributed by atoms with Crippen molar-refractivity contribution in [3.05, 3.63) is 59.1 Å². The minimum absolute atomic E-state index is 0.165. The molecule has 0 saturated carbocycles. The summed E-state index contributed by atoms with van der Waals surface area (Å²) in [5.74, 6) is -1.15. The number of carbonyl (C=O) groups is 3. The van der Waals surface area contributed by atoms with E-state index >= 15 is 0 Å². The Morgan fingerprint density at radius 2 is 1.83 bits per heavy atom. The number of amides is 3. The van der Waals surface area contributed by atoms with E-state index in [1.54, 1.807) is 48.5 Å². The van der Waals surface area contributed by atoms with E-state index in [1.807, 2.05) is 13.8 Å². The number of carbonyl (C=O) groups excluding carboxylic acids is 3. The fourth-order valence-corrected chi connectivity index (χ4v) is 2.35. The highest BCUT2D eigenvalue weighted by Crippen LogP contribution is 2.15. The van der Waals surface area contributed by atoms with Crippen LogP contribution in [-0.2, 0) is 14.4 Å². The lowest BCUT2D eigenvalue weighted by Crippen LogP contribution is -2.39. The third-order valence-electron chi connectivity index (χ3n) is 3.62. The minimum Gasteiger partial charge on any atom is -0.484 e. The molecule has 0 aliphatic rings. The van der Waals surface area contributed by atoms with Crippen molar-refractivity contribution in [2.45, 2.75) is 13.8 Å². The Balaban J connectivity index is 1.76. The average molecular weight is 431 g/mol. The summed E-state index contributed by atoms with van der Waals surface area (Å²) in [6.45, 7) is 4.10. The molecule has 0 spiro atoms. The van der Waals surface area contributed by atoms with E-state index < -0.39 is 11.8 Å². The fraction of sp³-hybridized carbons (Fsp3) is 0.238. The maximum atomic E-state index is 11.9. The maximum absolute atomic E-state index is 11.9. The van der Waals surface area contributed by atoms with Gasteiger partial charge in [0.2, 0.25) is 0 Å². The summed E-state index contributed by atoms with van der Waals surface area (Å²) in [5, 5.41) is 9.46. The summed E-state index contributed by atoms with van der Waals surface area (Å²) < 4.78 is 5.43. The van der Waals surface area contributed by atoms with Crippen molar-refractivity contribution in [1.82, 2.24) is 10.7 Å². The number of hydrogen-bond donors (Lipinski definition) is 3. The molecule has 0 saturated heterocycles. The SMILES string of the molecule is CC(C)CNC(=O)C(=O)N/N=C\c1ccc(OCC(=O)Nc2cccc(Cl)c2)cc1. The van der Waals surface area contributed by atoms with Crippen molar-refractivity contribution >= 4 is 41.2 Å². The first-order chi connectivity index (χ1) is 14.3. The van der Waals surface area contributed by atoms with Gasteiger partial charge < -0.3 is 15.4 Å². The molecular weight excluding hydrogens is 408 g/mol. The quantitative estimate of drug-likeness (QED) is 0.339. The molecule has 2 rings (SSSR count). The van der Waals surface area contributed by atoms with Crippen molar-refractivity contribution in [3.63, 3.8) is 0 Å². The zero-order chi connectivity index (χ0) is 21.9. The van der Waals surface area contributed by atoms with E-state index in [1.165, 1.54) is 6.21 Å². The van der Waals surface area contributed by atoms with Crippen LogP contribution in [-0.4, -0.2) is 37.1 Å². The molecular formula is C21H23ClN4O4. The Bertz CT molecular complexity index is 913. The number of hydrazone groups is 1. The summed E-state index contributed by atoms with van der Waals surface area (Å²) in [4.78, 5) is 35.1. The summed E-state index contributed by atoms with van der Waals surface area (Å²) in [7, 11) is 0. The number of ether oxygens (including phenoxy) is 1. The number of halogens is 1. The lowest BCUT2D eigenvalue weighted by molar-refractivity contribution is -0.139. The summed E-state index contributed by atoms with van der Waals surface area (Å²) in [5.41, 5.74) is 3.42. The van der Waals surface area contributed by atoms with Gasteiger partial charge in [0, 0.05) is 17.3 Å². The first-order valence-electron chi connectivity index (χ1n) is 9.23. The minimum atomic E-state index is -0.836. The van der Waals surface area contributed by atoms with E-state index in [-0.39, 0.29) is 18.4 Å². The van der Waals surface area contributed by atoms with Gasteiger partial charge in [0.15, 0.2) is 6.61 Å². The highest BCUT2D eigenvalue weighted by Gasteiger charge is 2.12. The second-order valence-electron chi connectivity index (χ2n) is 6.72. The molecule has 30 heavy (non-hydrogen) atoms. The lowest BCUT2D eigenvalue weighted by Gasteiger charge is -2.08. The summed E-state index contributed by atoms with van der Waals surface area (Å²) in [6.07, 6.45) is 1.39. The zero-order valence-corrected chi connectivity index (χ0v) is 17.4. The molecule has 3 amide bonds. The number of anilines is 1. The molecule has 0 aromatic heterocycles. The molecule has 0 radical (unpaired) electrons. The number of rotatable bonds is 8. The highest BCUT2D eigenvalue weighted by molar-refractivity contribution is 6.35. The van der Waals surface area contributed by atoms with Gasteiger partial charge in [-0.3, -0.25) is 14.4 Å². The van der Waals surface area contributed by atoms with Gasteiger partial charge in [0.05, 0.1) is 6.21 Å². The van der Waals surface area contributed by atoms with Crippen LogP contribution in [0.2, 0.25) is 5.02 Å². The van der Waals surface area contributed by atoms with Crippen LogP contribution < -0.4 is 20.8 Å². The third kappa shape index (κ3) is 8.32. The van der Waals surface area contributed by atoms with Crippen LogP contribution in [0.1, 0.15) is 19.4 Å². The molecule has 2 aromatic rings. The topological polar surface area (TPSA) is 109 Å². The van der Waals surface area contributed by atoms with Crippen molar-refractivity contribution in [2.24, 2.45) is 11.0 Å². The van der Waals surface area contributed by atoms with Crippen LogP contribution in [0.3, 0.4) is 0 Å². The Morgan fingerprint density at radius 3 is 2.50 bits per heavy atom. The normalized spacial score (nSPS) is 10.7. The van der Waals surface area contributed by atoms with E-state index in [2.05, 4.69) is 21.2 Å². The van der Waals surface area contributed by atoms with Gasteiger partial charge in [0.1, 0.15) is 5.75 Å². The molecule has 0 heterocycles. The summed E-state index contributed by atoms with van der Waals surface area (Å²) in [6, 6.07) is 13.5. The van der Waals surface area contributed by atoms with Gasteiger partial charge in [-0.1, -0.05) is 31.5 Å². The van der Waals surface area contributed by atoms with Crippen molar-refractivity contribution in [1.29, 1.82) is 0 Å². The highest BCUT2D eigenvalue weighted by atomic mass is 35.5. The standard InChI is InChI=1S/C21H23ClN4O4/c1-14(2)11-23-20(28)21(29)26-24-12-15-6-8-18(9-7-15)30-13-19(27)25-17-5-3-4-16(22)10-17/h3-10,12,14H,11,13H2,1-2H3,(H,23,28)(H,25,27)(H,26,29)/b24-12-. The van der Waals surface area contributed by atoms with Crippen LogP contribution in [0.4, 0.5) is 5.69 Å². The Morgan fingerprint density at radius 1 is 1.10 bits per heavy atom. The molecule has 8 nitrogen and oxygen atoms in total. The molecule has 0 aliphatic heterocycles. The number of nitrogens with zero attached hydrogens (tertiary/aromatic N) is 1. The van der Waals surface area contributed by atoms with Crippen LogP contribution in [0.5, 0.6) is 5.75 Å². The predicted molar refractivity (Wildman–Crippen MR) is 116 cm³/mol. The molecule has 9 heteroatoms. The van der Waals surface area contributed by atoms with Crippen molar-refractivity contribution in [2.75, 3.05) is 18.5 Å². The van der Waals surface area contributed by atoms with Crippen LogP contribution in [0, 0.1) is 5.92 Å². The van der Waals surface area contributed by atoms with Crippen LogP contribution in [0.25, 0.3) is 0 Å². The third-order valence-corrected chi connectivity index (χ3v) is 3.85. The Kier molecular flexibility index (Phi) is 8.83. The Labute approximate surface area is 179 Å². The first-order valence-corrected chi connectivity index (χ1v) is 9.61. The second kappa shape index (κ2) is 11.6. The van der Waals surface area contributed by atoms with Gasteiger partial charge in [0.25, 0.3) is 5.91 Å². The van der Waals surface area contributed by atoms with Crippen LogP contribution >= 0.6 is 11.6 Å². The molecule has 2 aromatic carbocycles. The Hall–Kier alpha value is -3.39. The molecule has 3 N–H and O–H groups in total. The van der Waals surface area contributed by atoms with Crippen molar-refractivity contribution in [3.8, 4) is 5.75 Å².